The van der Waals surface area contributed by atoms with E-state index in [2.05, 4.69) is 54.4 Å². The molecule has 1 aromatic carbocycles. The molecule has 1 N–H and O–H groups in total. The molecule has 0 saturated heterocycles. The molecule has 3 rings (SSSR count). The summed E-state index contributed by atoms with van der Waals surface area (Å²) in [7, 11) is 0. The molecule has 0 bridgehead atoms. The third-order valence-corrected chi connectivity index (χ3v) is 3.87. The minimum atomic E-state index is 0.0887. The summed E-state index contributed by atoms with van der Waals surface area (Å²) in [5.41, 5.74) is 4.44. The molecule has 0 saturated carbocycles. The summed E-state index contributed by atoms with van der Waals surface area (Å²) in [4.78, 5) is 4.38. The standard InChI is InChI=1S/C17H24N4/c1-17(2,3)19-10-16-18-12-21(20-16)11-13-7-8-14-5-4-6-15(14)9-13/h7-9,12,19H,4-6,10-11H2,1-3H3. The highest BCUT2D eigenvalue weighted by Crippen LogP contribution is 2.23. The molecule has 0 spiro atoms. The number of hydrogen-bond donors (Lipinski definition) is 1. The summed E-state index contributed by atoms with van der Waals surface area (Å²) >= 11 is 0. The Bertz CT molecular complexity index is 622. The van der Waals surface area contributed by atoms with E-state index < -0.39 is 0 Å². The Labute approximate surface area is 126 Å². The van der Waals surface area contributed by atoms with Crippen LogP contribution in [-0.4, -0.2) is 20.3 Å². The van der Waals surface area contributed by atoms with Crippen LogP contribution < -0.4 is 5.32 Å². The molecule has 1 aliphatic rings. The fourth-order valence-corrected chi connectivity index (χ4v) is 2.75. The van der Waals surface area contributed by atoms with E-state index in [0.717, 1.165) is 12.4 Å². The van der Waals surface area contributed by atoms with Crippen molar-refractivity contribution in [3.05, 3.63) is 47.0 Å². The number of rotatable bonds is 4. The van der Waals surface area contributed by atoms with E-state index in [1.807, 2.05) is 11.0 Å². The van der Waals surface area contributed by atoms with Gasteiger partial charge < -0.3 is 5.32 Å². The fraction of sp³-hybridized carbons (Fsp3) is 0.529. The van der Waals surface area contributed by atoms with Crippen LogP contribution in [0.15, 0.2) is 24.5 Å². The second-order valence-electron chi connectivity index (χ2n) is 6.92. The quantitative estimate of drug-likeness (QED) is 0.938. The lowest BCUT2D eigenvalue weighted by atomic mass is 10.1. The molecule has 0 radical (unpaired) electrons. The Hall–Kier alpha value is -1.68. The van der Waals surface area contributed by atoms with Crippen LogP contribution in [0.1, 0.15) is 49.7 Å². The van der Waals surface area contributed by atoms with Crippen molar-refractivity contribution in [2.75, 3.05) is 0 Å². The van der Waals surface area contributed by atoms with Crippen LogP contribution in [-0.2, 0) is 25.9 Å². The third kappa shape index (κ3) is 3.70. The molecule has 4 nitrogen and oxygen atoms in total. The molecule has 1 aromatic heterocycles. The van der Waals surface area contributed by atoms with Crippen LogP contribution >= 0.6 is 0 Å². The maximum atomic E-state index is 4.55. The molecule has 0 aliphatic heterocycles. The van der Waals surface area contributed by atoms with Gasteiger partial charge in [-0.25, -0.2) is 9.67 Å². The van der Waals surface area contributed by atoms with E-state index in [1.165, 1.54) is 36.0 Å². The van der Waals surface area contributed by atoms with Crippen LogP contribution in [0.5, 0.6) is 0 Å². The van der Waals surface area contributed by atoms with Gasteiger partial charge in [-0.2, -0.15) is 5.10 Å². The first-order valence-electron chi connectivity index (χ1n) is 7.74. The van der Waals surface area contributed by atoms with E-state index in [4.69, 9.17) is 0 Å². The van der Waals surface area contributed by atoms with Crippen LogP contribution in [0, 0.1) is 0 Å². The number of fused-ring (bicyclic) bond motifs is 1. The molecule has 0 unspecified atom stereocenters. The lowest BCUT2D eigenvalue weighted by molar-refractivity contribution is 0.417. The van der Waals surface area contributed by atoms with E-state index in [9.17, 15) is 0 Å². The Kier molecular flexibility index (Phi) is 3.81. The first kappa shape index (κ1) is 14.3. The third-order valence-electron chi connectivity index (χ3n) is 3.87. The smallest absolute Gasteiger partial charge is 0.164 e. The largest absolute Gasteiger partial charge is 0.305 e. The number of benzene rings is 1. The zero-order valence-electron chi connectivity index (χ0n) is 13.2. The molecule has 21 heavy (non-hydrogen) atoms. The zero-order valence-corrected chi connectivity index (χ0v) is 13.2. The van der Waals surface area contributed by atoms with E-state index >= 15 is 0 Å². The predicted octanol–water partition coefficient (Wildman–Crippen LogP) is 2.70. The van der Waals surface area contributed by atoms with Crippen molar-refractivity contribution in [1.29, 1.82) is 0 Å². The molecule has 4 heteroatoms. The van der Waals surface area contributed by atoms with Crippen molar-refractivity contribution in [1.82, 2.24) is 20.1 Å². The van der Waals surface area contributed by atoms with Crippen molar-refractivity contribution in [2.24, 2.45) is 0 Å². The van der Waals surface area contributed by atoms with Crippen LogP contribution in [0.4, 0.5) is 0 Å². The highest BCUT2D eigenvalue weighted by molar-refractivity contribution is 5.35. The Balaban J connectivity index is 1.64. The molecule has 2 aromatic rings. The maximum Gasteiger partial charge on any atom is 0.164 e. The van der Waals surface area contributed by atoms with Gasteiger partial charge in [-0.1, -0.05) is 18.2 Å². The normalized spacial score (nSPS) is 14.4. The molecule has 112 valence electrons. The number of nitrogens with one attached hydrogen (secondary N) is 1. The highest BCUT2D eigenvalue weighted by Gasteiger charge is 2.12. The summed E-state index contributed by atoms with van der Waals surface area (Å²) in [5.74, 6) is 0.853. The van der Waals surface area contributed by atoms with Crippen molar-refractivity contribution in [3.8, 4) is 0 Å². The SMILES string of the molecule is CC(C)(C)NCc1ncn(Cc2ccc3c(c2)CCC3)n1. The Morgan fingerprint density at radius 2 is 2.00 bits per heavy atom. The second kappa shape index (κ2) is 5.60. The van der Waals surface area contributed by atoms with Crippen molar-refractivity contribution < 1.29 is 0 Å². The van der Waals surface area contributed by atoms with Gasteiger partial charge in [0, 0.05) is 5.54 Å². The second-order valence-corrected chi connectivity index (χ2v) is 6.92. The van der Waals surface area contributed by atoms with Gasteiger partial charge in [-0.3, -0.25) is 0 Å². The Morgan fingerprint density at radius 1 is 1.19 bits per heavy atom. The summed E-state index contributed by atoms with van der Waals surface area (Å²) in [6.07, 6.45) is 5.58. The first-order chi connectivity index (χ1) is 9.99. The average Bonchev–Trinajstić information content (AvgIpc) is 3.04. The van der Waals surface area contributed by atoms with Gasteiger partial charge in [0.05, 0.1) is 13.1 Å². The topological polar surface area (TPSA) is 42.7 Å². The summed E-state index contributed by atoms with van der Waals surface area (Å²) in [6, 6.07) is 6.83. The van der Waals surface area contributed by atoms with Gasteiger partial charge in [0.25, 0.3) is 0 Å². The van der Waals surface area contributed by atoms with Crippen LogP contribution in [0.2, 0.25) is 0 Å². The lowest BCUT2D eigenvalue weighted by Crippen LogP contribution is -2.35. The van der Waals surface area contributed by atoms with Crippen molar-refractivity contribution in [2.45, 2.75) is 58.7 Å². The van der Waals surface area contributed by atoms with Crippen LogP contribution in [0.25, 0.3) is 0 Å². The summed E-state index contributed by atoms with van der Waals surface area (Å²) in [6.45, 7) is 7.95. The molecule has 0 amide bonds. The number of aromatic nitrogens is 3. The van der Waals surface area contributed by atoms with Gasteiger partial charge in [0.15, 0.2) is 5.82 Å². The van der Waals surface area contributed by atoms with Gasteiger partial charge in [0.1, 0.15) is 6.33 Å². The van der Waals surface area contributed by atoms with Crippen LogP contribution in [0.3, 0.4) is 0 Å². The molecule has 0 atom stereocenters. The van der Waals surface area contributed by atoms with Gasteiger partial charge in [-0.15, -0.1) is 0 Å². The molecular formula is C17H24N4. The van der Waals surface area contributed by atoms with Gasteiger partial charge in [0.2, 0.25) is 0 Å². The molecule has 0 fully saturated rings. The minimum absolute atomic E-state index is 0.0887. The summed E-state index contributed by atoms with van der Waals surface area (Å²) < 4.78 is 1.93. The van der Waals surface area contributed by atoms with E-state index in [0.29, 0.717) is 6.54 Å². The molecular weight excluding hydrogens is 260 g/mol. The lowest BCUT2D eigenvalue weighted by Gasteiger charge is -2.19. The van der Waals surface area contributed by atoms with Crippen molar-refractivity contribution in [3.63, 3.8) is 0 Å². The maximum absolute atomic E-state index is 4.55. The minimum Gasteiger partial charge on any atom is -0.305 e. The van der Waals surface area contributed by atoms with Gasteiger partial charge in [-0.05, 0) is 56.7 Å². The zero-order chi connectivity index (χ0) is 14.9. The molecule has 1 heterocycles. The van der Waals surface area contributed by atoms with Gasteiger partial charge >= 0.3 is 0 Å². The monoisotopic (exact) mass is 284 g/mol. The fourth-order valence-electron chi connectivity index (χ4n) is 2.75. The van der Waals surface area contributed by atoms with E-state index in [1.54, 1.807) is 0 Å². The van der Waals surface area contributed by atoms with E-state index in [-0.39, 0.29) is 5.54 Å². The number of hydrogen-bond acceptors (Lipinski definition) is 3. The Morgan fingerprint density at radius 3 is 2.81 bits per heavy atom. The molecule has 1 aliphatic carbocycles. The predicted molar refractivity (Wildman–Crippen MR) is 84.2 cm³/mol. The first-order valence-corrected chi connectivity index (χ1v) is 7.74. The highest BCUT2D eigenvalue weighted by atomic mass is 15.3. The van der Waals surface area contributed by atoms with Crippen molar-refractivity contribution >= 4 is 0 Å². The number of aryl methyl sites for hydroxylation is 2. The number of nitrogens with zero attached hydrogens (tertiary/aromatic N) is 3. The summed E-state index contributed by atoms with van der Waals surface area (Å²) in [5, 5.41) is 7.96. The average molecular weight is 284 g/mol.